The topological polar surface area (TPSA) is 26.1 Å². The van der Waals surface area contributed by atoms with E-state index in [1.54, 1.807) is 4.40 Å². The van der Waals surface area contributed by atoms with E-state index in [2.05, 4.69) is 18.2 Å². The molecular formula is C21H19N4+. The predicted octanol–water partition coefficient (Wildman–Crippen LogP) is 3.87. The van der Waals surface area contributed by atoms with E-state index < -0.39 is 6.85 Å². The summed E-state index contributed by atoms with van der Waals surface area (Å²) in [4.78, 5) is 4.80. The summed E-state index contributed by atoms with van der Waals surface area (Å²) in [5.74, 6) is 1.50. The van der Waals surface area contributed by atoms with Crippen LogP contribution in [0.25, 0.3) is 33.4 Å². The lowest BCUT2D eigenvalue weighted by molar-refractivity contribution is -0.664. The molecule has 25 heavy (non-hydrogen) atoms. The first kappa shape index (κ1) is 11.4. The number of fused-ring (bicyclic) bond motifs is 4. The molecule has 0 amide bonds. The average molecular weight is 330 g/mol. The Labute approximate surface area is 149 Å². The molecule has 3 heterocycles. The molecule has 0 atom stereocenters. The van der Waals surface area contributed by atoms with Crippen molar-refractivity contribution in [2.45, 2.75) is 13.8 Å². The van der Waals surface area contributed by atoms with Crippen molar-refractivity contribution in [3.05, 3.63) is 72.2 Å². The second-order valence-corrected chi connectivity index (χ2v) is 6.34. The third kappa shape index (κ3) is 1.82. The van der Waals surface area contributed by atoms with Gasteiger partial charge in [0.25, 0.3) is 5.82 Å². The molecule has 0 aliphatic carbocycles. The Balaban J connectivity index is 2.03. The van der Waals surface area contributed by atoms with Gasteiger partial charge < -0.3 is 0 Å². The third-order valence-electron chi connectivity index (χ3n) is 4.87. The number of benzene rings is 2. The largest absolute Gasteiger partial charge is 0.312 e. The number of para-hydroxylation sites is 2. The SMILES string of the molecule is [2H]C([2H])([2H])c1c(C)n(-c2c3ccccc3cc[n+]2C)c2nc3ccccc3n12. The third-order valence-corrected chi connectivity index (χ3v) is 4.87. The lowest BCUT2D eigenvalue weighted by Gasteiger charge is -2.06. The molecule has 0 N–H and O–H groups in total. The van der Waals surface area contributed by atoms with Gasteiger partial charge in [0.1, 0.15) is 5.69 Å². The van der Waals surface area contributed by atoms with Crippen LogP contribution in [0.4, 0.5) is 0 Å². The fraction of sp³-hybridized carbons (Fsp3) is 0.143. The van der Waals surface area contributed by atoms with Crippen LogP contribution in [0, 0.1) is 13.8 Å². The molecule has 4 nitrogen and oxygen atoms in total. The lowest BCUT2D eigenvalue weighted by Crippen LogP contribution is -2.34. The molecule has 3 aromatic heterocycles. The van der Waals surface area contributed by atoms with Crippen molar-refractivity contribution < 1.29 is 8.68 Å². The van der Waals surface area contributed by atoms with Crippen LogP contribution in [0.1, 0.15) is 15.5 Å². The number of rotatable bonds is 1. The van der Waals surface area contributed by atoms with E-state index in [0.717, 1.165) is 27.6 Å². The zero-order chi connectivity index (χ0) is 19.6. The summed E-state index contributed by atoms with van der Waals surface area (Å²) in [7, 11) is 1.97. The van der Waals surface area contributed by atoms with Gasteiger partial charge in [0.2, 0.25) is 0 Å². The second-order valence-electron chi connectivity index (χ2n) is 6.34. The van der Waals surface area contributed by atoms with Gasteiger partial charge in [0, 0.05) is 4.11 Å². The highest BCUT2D eigenvalue weighted by Crippen LogP contribution is 2.28. The van der Waals surface area contributed by atoms with Crippen LogP contribution in [-0.2, 0) is 7.05 Å². The van der Waals surface area contributed by atoms with Crippen molar-refractivity contribution in [1.29, 1.82) is 0 Å². The van der Waals surface area contributed by atoms with Gasteiger partial charge in [0.05, 0.1) is 35.4 Å². The number of hydrogen-bond donors (Lipinski definition) is 0. The highest BCUT2D eigenvalue weighted by atomic mass is 15.3. The van der Waals surface area contributed by atoms with Crippen molar-refractivity contribution in [3.8, 4) is 5.82 Å². The first-order chi connectivity index (χ1) is 13.4. The van der Waals surface area contributed by atoms with Crippen LogP contribution < -0.4 is 4.57 Å². The second kappa shape index (κ2) is 4.93. The molecule has 0 fully saturated rings. The van der Waals surface area contributed by atoms with Crippen LogP contribution >= 0.6 is 0 Å². The molecule has 2 aromatic carbocycles. The van der Waals surface area contributed by atoms with E-state index in [1.807, 2.05) is 65.7 Å². The molecule has 0 aliphatic rings. The van der Waals surface area contributed by atoms with Crippen LogP contribution in [-0.4, -0.2) is 14.0 Å². The van der Waals surface area contributed by atoms with Crippen LogP contribution in [0.15, 0.2) is 60.8 Å². The first-order valence-electron chi connectivity index (χ1n) is 9.74. The number of hydrogen-bond acceptors (Lipinski definition) is 1. The molecule has 4 heteroatoms. The maximum Gasteiger partial charge on any atom is 0.312 e. The summed E-state index contributed by atoms with van der Waals surface area (Å²) in [6.07, 6.45) is 1.99. The van der Waals surface area contributed by atoms with Crippen molar-refractivity contribution in [1.82, 2.24) is 14.0 Å². The molecular weight excluding hydrogens is 308 g/mol. The Hall–Kier alpha value is -3.14. The van der Waals surface area contributed by atoms with E-state index in [4.69, 9.17) is 9.10 Å². The zero-order valence-corrected chi connectivity index (χ0v) is 14.1. The first-order valence-corrected chi connectivity index (χ1v) is 8.24. The fourth-order valence-corrected chi connectivity index (χ4v) is 3.63. The Morgan fingerprint density at radius 1 is 1.00 bits per heavy atom. The van der Waals surface area contributed by atoms with Crippen LogP contribution in [0.2, 0.25) is 0 Å². The highest BCUT2D eigenvalue weighted by molar-refractivity contribution is 5.88. The van der Waals surface area contributed by atoms with Crippen molar-refractivity contribution in [2.24, 2.45) is 7.05 Å². The Morgan fingerprint density at radius 2 is 1.80 bits per heavy atom. The van der Waals surface area contributed by atoms with Crippen LogP contribution in [0.3, 0.4) is 0 Å². The van der Waals surface area contributed by atoms with E-state index in [1.165, 1.54) is 0 Å². The lowest BCUT2D eigenvalue weighted by atomic mass is 10.1. The summed E-state index contributed by atoms with van der Waals surface area (Å²) in [5.41, 5.74) is 2.54. The van der Waals surface area contributed by atoms with Gasteiger partial charge in [0.15, 0.2) is 0 Å². The molecule has 0 radical (unpaired) electrons. The van der Waals surface area contributed by atoms with Gasteiger partial charge in [-0.3, -0.25) is 4.40 Å². The number of aryl methyl sites for hydroxylation is 2. The highest BCUT2D eigenvalue weighted by Gasteiger charge is 2.26. The van der Waals surface area contributed by atoms with Gasteiger partial charge in [-0.05, 0) is 43.4 Å². The monoisotopic (exact) mass is 330 g/mol. The Bertz CT molecular complexity index is 1380. The van der Waals surface area contributed by atoms with Gasteiger partial charge in [-0.1, -0.05) is 30.3 Å². The summed E-state index contributed by atoms with van der Waals surface area (Å²) in [6.45, 7) is -0.410. The molecule has 0 saturated carbocycles. The average Bonchev–Trinajstić information content (AvgIpc) is 3.15. The van der Waals surface area contributed by atoms with Gasteiger partial charge in [-0.2, -0.15) is 9.55 Å². The molecule has 0 unspecified atom stereocenters. The molecule has 0 bridgehead atoms. The molecule has 0 spiro atoms. The smallest absolute Gasteiger partial charge is 0.259 e. The van der Waals surface area contributed by atoms with Crippen molar-refractivity contribution in [3.63, 3.8) is 0 Å². The van der Waals surface area contributed by atoms with Crippen molar-refractivity contribution in [2.75, 3.05) is 0 Å². The summed E-state index contributed by atoms with van der Waals surface area (Å²) < 4.78 is 30.3. The molecule has 0 saturated heterocycles. The number of nitrogens with zero attached hydrogens (tertiary/aromatic N) is 4. The zero-order valence-electron chi connectivity index (χ0n) is 17.1. The normalized spacial score (nSPS) is 14.1. The molecule has 122 valence electrons. The van der Waals surface area contributed by atoms with Gasteiger partial charge >= 0.3 is 5.78 Å². The summed E-state index contributed by atoms with van der Waals surface area (Å²) in [6, 6.07) is 17.8. The van der Waals surface area contributed by atoms with E-state index in [9.17, 15) is 0 Å². The van der Waals surface area contributed by atoms with E-state index in [-0.39, 0.29) is 0 Å². The number of aromatic nitrogens is 4. The number of pyridine rings is 1. The minimum absolute atomic E-state index is 0.295. The van der Waals surface area contributed by atoms with Crippen molar-refractivity contribution >= 4 is 27.6 Å². The maximum absolute atomic E-state index is 8.17. The standard InChI is InChI=1S/C21H19N4/c1-14-15(2)25(21-22-18-10-6-7-11-19(18)24(14)21)20-17-9-5-4-8-16(17)12-13-23(20)3/h4-13H,1-3H3/q+1/i1D3. The summed E-state index contributed by atoms with van der Waals surface area (Å²) in [5, 5.41) is 2.13. The Morgan fingerprint density at radius 3 is 2.68 bits per heavy atom. The Kier molecular flexibility index (Phi) is 2.25. The number of imidazole rings is 2. The maximum atomic E-state index is 8.17. The summed E-state index contributed by atoms with van der Waals surface area (Å²) >= 11 is 0. The quantitative estimate of drug-likeness (QED) is 0.428. The predicted molar refractivity (Wildman–Crippen MR) is 100 cm³/mol. The minimum Gasteiger partial charge on any atom is -0.259 e. The van der Waals surface area contributed by atoms with E-state index >= 15 is 0 Å². The molecule has 5 rings (SSSR count). The molecule has 5 aromatic rings. The van der Waals surface area contributed by atoms with Gasteiger partial charge in [-0.15, -0.1) is 0 Å². The van der Waals surface area contributed by atoms with Crippen LogP contribution in [0.5, 0.6) is 0 Å². The van der Waals surface area contributed by atoms with Gasteiger partial charge in [-0.25, -0.2) is 4.57 Å². The fourth-order valence-electron chi connectivity index (χ4n) is 3.63. The molecule has 0 aliphatic heterocycles. The van der Waals surface area contributed by atoms with E-state index in [0.29, 0.717) is 17.2 Å². The minimum atomic E-state index is -2.26.